The van der Waals surface area contributed by atoms with Gasteiger partial charge in [0.05, 0.1) is 10.0 Å². The van der Waals surface area contributed by atoms with Crippen LogP contribution in [0, 0.1) is 6.92 Å². The zero-order chi connectivity index (χ0) is 16.8. The number of benzene rings is 1. The Balaban J connectivity index is 2.16. The van der Waals surface area contributed by atoms with Gasteiger partial charge in [-0.05, 0) is 37.6 Å². The van der Waals surface area contributed by atoms with Crippen molar-refractivity contribution in [2.24, 2.45) is 0 Å². The van der Waals surface area contributed by atoms with Crippen LogP contribution < -0.4 is 10.6 Å². The molecule has 2 N–H and O–H groups in total. The highest BCUT2D eigenvalue weighted by Gasteiger charge is 2.10. The van der Waals surface area contributed by atoms with Gasteiger partial charge >= 0.3 is 0 Å². The summed E-state index contributed by atoms with van der Waals surface area (Å²) in [6.45, 7) is 4.51. The van der Waals surface area contributed by atoms with E-state index in [-0.39, 0.29) is 5.91 Å². The lowest BCUT2D eigenvalue weighted by Gasteiger charge is -2.09. The van der Waals surface area contributed by atoms with Gasteiger partial charge in [0, 0.05) is 17.9 Å². The fourth-order valence-corrected chi connectivity index (χ4v) is 2.21. The fraction of sp³-hybridized carbons (Fsp3) is 0.312. The van der Waals surface area contributed by atoms with Crippen molar-refractivity contribution in [1.82, 2.24) is 15.3 Å². The van der Waals surface area contributed by atoms with Crippen molar-refractivity contribution in [3.8, 4) is 0 Å². The van der Waals surface area contributed by atoms with E-state index in [1.807, 2.05) is 6.92 Å². The predicted octanol–water partition coefficient (Wildman–Crippen LogP) is 4.37. The number of carbonyl (C=O) groups is 1. The summed E-state index contributed by atoms with van der Waals surface area (Å²) in [6.07, 6.45) is 1.96. The molecule has 0 saturated carbocycles. The molecule has 2 rings (SSSR count). The molecule has 7 heteroatoms. The number of hydrogen-bond donors (Lipinski definition) is 2. The Labute approximate surface area is 145 Å². The Morgan fingerprint density at radius 3 is 2.65 bits per heavy atom. The maximum absolute atomic E-state index is 12.1. The molecule has 0 aliphatic carbocycles. The van der Waals surface area contributed by atoms with E-state index in [9.17, 15) is 4.79 Å². The molecule has 1 aromatic heterocycles. The SMILES string of the molecule is CCCCNC(=O)c1cc(C)nc(Nc2ccc(Cl)c(Cl)c2)n1. The summed E-state index contributed by atoms with van der Waals surface area (Å²) < 4.78 is 0. The summed E-state index contributed by atoms with van der Waals surface area (Å²) in [4.78, 5) is 20.6. The summed E-state index contributed by atoms with van der Waals surface area (Å²) in [5.41, 5.74) is 1.72. The minimum absolute atomic E-state index is 0.207. The second-order valence-electron chi connectivity index (χ2n) is 5.08. The molecular formula is C16H18Cl2N4O. The van der Waals surface area contributed by atoms with E-state index in [4.69, 9.17) is 23.2 Å². The number of nitrogens with one attached hydrogen (secondary N) is 2. The Hall–Kier alpha value is -1.85. The van der Waals surface area contributed by atoms with Gasteiger partial charge in [0.15, 0.2) is 0 Å². The van der Waals surface area contributed by atoms with Crippen molar-refractivity contribution >= 4 is 40.7 Å². The second-order valence-corrected chi connectivity index (χ2v) is 5.90. The number of aryl methyl sites for hydroxylation is 1. The monoisotopic (exact) mass is 352 g/mol. The third kappa shape index (κ3) is 5.08. The fourth-order valence-electron chi connectivity index (χ4n) is 1.91. The number of halogens is 2. The summed E-state index contributed by atoms with van der Waals surface area (Å²) >= 11 is 11.9. The topological polar surface area (TPSA) is 66.9 Å². The lowest BCUT2D eigenvalue weighted by Crippen LogP contribution is -2.25. The van der Waals surface area contributed by atoms with E-state index in [2.05, 4.69) is 27.5 Å². The van der Waals surface area contributed by atoms with Gasteiger partial charge in [-0.3, -0.25) is 4.79 Å². The average Bonchev–Trinajstić information content (AvgIpc) is 2.50. The van der Waals surface area contributed by atoms with E-state index in [0.717, 1.165) is 12.8 Å². The van der Waals surface area contributed by atoms with Crippen LogP contribution in [0.3, 0.4) is 0 Å². The van der Waals surface area contributed by atoms with E-state index in [1.165, 1.54) is 0 Å². The van der Waals surface area contributed by atoms with Crippen LogP contribution in [0.5, 0.6) is 0 Å². The van der Waals surface area contributed by atoms with Gasteiger partial charge < -0.3 is 10.6 Å². The molecule has 0 fully saturated rings. The minimum atomic E-state index is -0.207. The van der Waals surface area contributed by atoms with Crippen LogP contribution in [-0.4, -0.2) is 22.4 Å². The van der Waals surface area contributed by atoms with Gasteiger partial charge in [0.25, 0.3) is 5.91 Å². The molecule has 0 bridgehead atoms. The standard InChI is InChI=1S/C16H18Cl2N4O/c1-3-4-7-19-15(23)14-8-10(2)20-16(22-14)21-11-5-6-12(17)13(18)9-11/h5-6,8-9H,3-4,7H2,1-2H3,(H,19,23)(H,20,21,22). The molecule has 0 aliphatic heterocycles. The molecule has 1 heterocycles. The molecule has 0 unspecified atom stereocenters. The molecule has 5 nitrogen and oxygen atoms in total. The largest absolute Gasteiger partial charge is 0.351 e. The number of hydrogen-bond acceptors (Lipinski definition) is 4. The molecule has 0 atom stereocenters. The van der Waals surface area contributed by atoms with Gasteiger partial charge in [-0.1, -0.05) is 36.5 Å². The van der Waals surface area contributed by atoms with Crippen molar-refractivity contribution in [1.29, 1.82) is 0 Å². The van der Waals surface area contributed by atoms with Gasteiger partial charge in [-0.25, -0.2) is 9.97 Å². The third-order valence-corrected chi connectivity index (χ3v) is 3.82. The average molecular weight is 353 g/mol. The van der Waals surface area contributed by atoms with E-state index >= 15 is 0 Å². The lowest BCUT2D eigenvalue weighted by molar-refractivity contribution is 0.0948. The number of nitrogens with zero attached hydrogens (tertiary/aromatic N) is 2. The summed E-state index contributed by atoms with van der Waals surface area (Å²) in [6, 6.07) is 6.78. The number of carbonyl (C=O) groups excluding carboxylic acids is 1. The van der Waals surface area contributed by atoms with Gasteiger partial charge in [0.2, 0.25) is 5.95 Å². The van der Waals surface area contributed by atoms with Crippen LogP contribution in [0.25, 0.3) is 0 Å². The van der Waals surface area contributed by atoms with Crippen molar-refractivity contribution in [2.45, 2.75) is 26.7 Å². The molecule has 1 amide bonds. The summed E-state index contributed by atoms with van der Waals surface area (Å²) in [5, 5.41) is 6.77. The number of amides is 1. The van der Waals surface area contributed by atoms with Crippen molar-refractivity contribution < 1.29 is 4.79 Å². The molecule has 0 radical (unpaired) electrons. The van der Waals surface area contributed by atoms with Gasteiger partial charge in [0.1, 0.15) is 5.69 Å². The van der Waals surface area contributed by atoms with Crippen LogP contribution in [0.1, 0.15) is 35.9 Å². The van der Waals surface area contributed by atoms with Crippen LogP contribution in [-0.2, 0) is 0 Å². The minimum Gasteiger partial charge on any atom is -0.351 e. The quantitative estimate of drug-likeness (QED) is 0.757. The van der Waals surface area contributed by atoms with Crippen LogP contribution in [0.15, 0.2) is 24.3 Å². The van der Waals surface area contributed by atoms with E-state index < -0.39 is 0 Å². The Morgan fingerprint density at radius 1 is 1.17 bits per heavy atom. The molecule has 1 aromatic carbocycles. The lowest BCUT2D eigenvalue weighted by atomic mass is 10.3. The first-order valence-corrected chi connectivity index (χ1v) is 8.11. The van der Waals surface area contributed by atoms with Crippen LogP contribution in [0.2, 0.25) is 10.0 Å². The molecule has 122 valence electrons. The molecule has 0 spiro atoms. The zero-order valence-electron chi connectivity index (χ0n) is 13.0. The summed E-state index contributed by atoms with van der Waals surface area (Å²) in [7, 11) is 0. The number of anilines is 2. The normalized spacial score (nSPS) is 10.4. The van der Waals surface area contributed by atoms with Crippen molar-refractivity contribution in [2.75, 3.05) is 11.9 Å². The number of rotatable bonds is 6. The second kappa shape index (κ2) is 8.13. The molecule has 2 aromatic rings. The smallest absolute Gasteiger partial charge is 0.270 e. The van der Waals surface area contributed by atoms with E-state index in [1.54, 1.807) is 24.3 Å². The zero-order valence-corrected chi connectivity index (χ0v) is 14.5. The summed E-state index contributed by atoms with van der Waals surface area (Å²) in [5.74, 6) is 0.130. The van der Waals surface area contributed by atoms with Gasteiger partial charge in [-0.2, -0.15) is 0 Å². The number of unbranched alkanes of at least 4 members (excludes halogenated alkanes) is 1. The Bertz CT molecular complexity index is 706. The predicted molar refractivity (Wildman–Crippen MR) is 93.8 cm³/mol. The third-order valence-electron chi connectivity index (χ3n) is 3.08. The molecular weight excluding hydrogens is 335 g/mol. The molecule has 0 saturated heterocycles. The number of aromatic nitrogens is 2. The van der Waals surface area contributed by atoms with Crippen molar-refractivity contribution in [3.63, 3.8) is 0 Å². The Kier molecular flexibility index (Phi) is 6.19. The van der Waals surface area contributed by atoms with Gasteiger partial charge in [-0.15, -0.1) is 0 Å². The first-order chi connectivity index (χ1) is 11.0. The van der Waals surface area contributed by atoms with E-state index in [0.29, 0.717) is 39.6 Å². The van der Waals surface area contributed by atoms with Crippen LogP contribution in [0.4, 0.5) is 11.6 Å². The highest BCUT2D eigenvalue weighted by molar-refractivity contribution is 6.42. The maximum atomic E-state index is 12.1. The van der Waals surface area contributed by atoms with Crippen LogP contribution >= 0.6 is 23.2 Å². The van der Waals surface area contributed by atoms with Crippen molar-refractivity contribution in [3.05, 3.63) is 45.7 Å². The maximum Gasteiger partial charge on any atom is 0.270 e. The highest BCUT2D eigenvalue weighted by Crippen LogP contribution is 2.26. The first kappa shape index (κ1) is 17.5. The highest BCUT2D eigenvalue weighted by atomic mass is 35.5. The first-order valence-electron chi connectivity index (χ1n) is 7.35. The molecule has 0 aliphatic rings. The Morgan fingerprint density at radius 2 is 1.96 bits per heavy atom. The molecule has 23 heavy (non-hydrogen) atoms.